The summed E-state index contributed by atoms with van der Waals surface area (Å²) in [6.07, 6.45) is 10.9. The zero-order chi connectivity index (χ0) is 11.5. The lowest BCUT2D eigenvalue weighted by molar-refractivity contribution is 0.496. The second-order valence-electron chi connectivity index (χ2n) is 5.38. The van der Waals surface area contributed by atoms with Crippen LogP contribution in [0.1, 0.15) is 56.0 Å². The zero-order valence-electron chi connectivity index (χ0n) is 10.4. The Labute approximate surface area is 103 Å². The van der Waals surface area contributed by atoms with Gasteiger partial charge in [-0.15, -0.1) is 0 Å². The van der Waals surface area contributed by atoms with Gasteiger partial charge in [0.25, 0.3) is 0 Å². The van der Waals surface area contributed by atoms with Crippen LogP contribution in [0.2, 0.25) is 0 Å². The van der Waals surface area contributed by atoms with Gasteiger partial charge in [0.05, 0.1) is 0 Å². The van der Waals surface area contributed by atoms with Gasteiger partial charge in [-0.1, -0.05) is 12.8 Å². The number of aromatic nitrogens is 2. The van der Waals surface area contributed by atoms with Crippen LogP contribution < -0.4 is 5.32 Å². The molecule has 1 aromatic heterocycles. The molecule has 1 atom stereocenters. The van der Waals surface area contributed by atoms with E-state index in [2.05, 4.69) is 16.4 Å². The Morgan fingerprint density at radius 1 is 1.18 bits per heavy atom. The van der Waals surface area contributed by atoms with Crippen LogP contribution >= 0.6 is 0 Å². The van der Waals surface area contributed by atoms with Gasteiger partial charge in [0, 0.05) is 30.3 Å². The largest absolute Gasteiger partial charge is 0.314 e. The van der Waals surface area contributed by atoms with Gasteiger partial charge in [-0.05, 0) is 38.3 Å². The lowest BCUT2D eigenvalue weighted by Crippen LogP contribution is -2.30. The molecule has 2 aliphatic rings. The molecule has 0 radical (unpaired) electrons. The number of hydrogen-bond donors (Lipinski definition) is 1. The van der Waals surface area contributed by atoms with Crippen LogP contribution in [0.15, 0.2) is 12.3 Å². The minimum atomic E-state index is 0.590. The van der Waals surface area contributed by atoms with Crippen molar-refractivity contribution in [2.45, 2.75) is 56.9 Å². The Kier molecular flexibility index (Phi) is 3.36. The molecular formula is C14H21N3. The first-order chi connectivity index (χ1) is 8.42. The Bertz CT molecular complexity index is 365. The summed E-state index contributed by atoms with van der Waals surface area (Å²) >= 11 is 0. The van der Waals surface area contributed by atoms with E-state index in [1.54, 1.807) is 0 Å². The minimum Gasteiger partial charge on any atom is -0.314 e. The van der Waals surface area contributed by atoms with Crippen molar-refractivity contribution in [1.82, 2.24) is 15.3 Å². The standard InChI is InChI=1S/C14H21N3/c1-2-4-12(15-8-3-1)10-14-16-9-7-13(17-14)11-5-6-11/h7,9,11-12,15H,1-6,8,10H2. The number of nitrogens with zero attached hydrogens (tertiary/aromatic N) is 2. The van der Waals surface area contributed by atoms with Gasteiger partial charge in [0.2, 0.25) is 0 Å². The molecule has 3 rings (SSSR count). The molecule has 1 aliphatic heterocycles. The zero-order valence-corrected chi connectivity index (χ0v) is 10.4. The van der Waals surface area contributed by atoms with E-state index >= 15 is 0 Å². The van der Waals surface area contributed by atoms with Crippen molar-refractivity contribution in [2.75, 3.05) is 6.54 Å². The summed E-state index contributed by atoms with van der Waals surface area (Å²) in [7, 11) is 0. The SMILES string of the molecule is c1cc(C2CC2)nc(CC2CCCCCN2)n1. The highest BCUT2D eigenvalue weighted by Gasteiger charge is 2.25. The molecule has 0 amide bonds. The molecule has 0 bridgehead atoms. The lowest BCUT2D eigenvalue weighted by Gasteiger charge is -2.14. The van der Waals surface area contributed by atoms with E-state index in [0.29, 0.717) is 6.04 Å². The highest BCUT2D eigenvalue weighted by atomic mass is 14.9. The molecule has 92 valence electrons. The normalized spacial score (nSPS) is 25.5. The summed E-state index contributed by atoms with van der Waals surface area (Å²) in [5.74, 6) is 1.77. The minimum absolute atomic E-state index is 0.590. The van der Waals surface area contributed by atoms with E-state index in [1.165, 1.54) is 44.2 Å². The monoisotopic (exact) mass is 231 g/mol. The van der Waals surface area contributed by atoms with Gasteiger partial charge in [-0.2, -0.15) is 0 Å². The predicted molar refractivity (Wildman–Crippen MR) is 68.0 cm³/mol. The highest BCUT2D eigenvalue weighted by molar-refractivity contribution is 5.14. The van der Waals surface area contributed by atoms with E-state index < -0.39 is 0 Å². The maximum absolute atomic E-state index is 4.71. The summed E-state index contributed by atoms with van der Waals surface area (Å²) in [4.78, 5) is 9.13. The maximum Gasteiger partial charge on any atom is 0.130 e. The molecule has 0 aromatic carbocycles. The van der Waals surface area contributed by atoms with Crippen molar-refractivity contribution in [3.05, 3.63) is 23.8 Å². The Morgan fingerprint density at radius 3 is 3.00 bits per heavy atom. The molecule has 2 fully saturated rings. The summed E-state index contributed by atoms with van der Waals surface area (Å²) in [5.41, 5.74) is 1.27. The molecule has 1 aliphatic carbocycles. The number of nitrogens with one attached hydrogen (secondary N) is 1. The molecule has 3 heteroatoms. The first kappa shape index (κ1) is 11.1. The van der Waals surface area contributed by atoms with Crippen LogP contribution in [0.4, 0.5) is 0 Å². The fraction of sp³-hybridized carbons (Fsp3) is 0.714. The van der Waals surface area contributed by atoms with E-state index in [9.17, 15) is 0 Å². The molecule has 0 spiro atoms. The molecule has 1 saturated heterocycles. The predicted octanol–water partition coefficient (Wildman–Crippen LogP) is 2.43. The lowest BCUT2D eigenvalue weighted by atomic mass is 10.1. The van der Waals surface area contributed by atoms with Gasteiger partial charge < -0.3 is 5.32 Å². The van der Waals surface area contributed by atoms with Gasteiger partial charge in [-0.25, -0.2) is 9.97 Å². The first-order valence-corrected chi connectivity index (χ1v) is 6.97. The van der Waals surface area contributed by atoms with Crippen molar-refractivity contribution < 1.29 is 0 Å². The molecule has 1 N–H and O–H groups in total. The van der Waals surface area contributed by atoms with Crippen LogP contribution in [0.3, 0.4) is 0 Å². The van der Waals surface area contributed by atoms with Crippen LogP contribution in [0, 0.1) is 0 Å². The average molecular weight is 231 g/mol. The summed E-state index contributed by atoms with van der Waals surface area (Å²) < 4.78 is 0. The van der Waals surface area contributed by atoms with E-state index in [1.807, 2.05) is 6.20 Å². The molecule has 3 nitrogen and oxygen atoms in total. The van der Waals surface area contributed by atoms with Crippen LogP contribution in [-0.2, 0) is 6.42 Å². The molecule has 17 heavy (non-hydrogen) atoms. The second-order valence-corrected chi connectivity index (χ2v) is 5.38. The second kappa shape index (κ2) is 5.13. The third-order valence-corrected chi connectivity index (χ3v) is 3.81. The third-order valence-electron chi connectivity index (χ3n) is 3.81. The molecule has 2 heterocycles. The van der Waals surface area contributed by atoms with Crippen molar-refractivity contribution in [3.8, 4) is 0 Å². The van der Waals surface area contributed by atoms with E-state index in [-0.39, 0.29) is 0 Å². The van der Waals surface area contributed by atoms with E-state index in [0.717, 1.165) is 24.7 Å². The Hall–Kier alpha value is -0.960. The number of rotatable bonds is 3. The van der Waals surface area contributed by atoms with Crippen LogP contribution in [0.5, 0.6) is 0 Å². The van der Waals surface area contributed by atoms with E-state index in [4.69, 9.17) is 4.98 Å². The van der Waals surface area contributed by atoms with Gasteiger partial charge in [0.15, 0.2) is 0 Å². The van der Waals surface area contributed by atoms with Crippen molar-refractivity contribution >= 4 is 0 Å². The van der Waals surface area contributed by atoms with Crippen LogP contribution in [0.25, 0.3) is 0 Å². The van der Waals surface area contributed by atoms with Crippen molar-refractivity contribution in [2.24, 2.45) is 0 Å². The average Bonchev–Trinajstić information content (AvgIpc) is 3.17. The number of hydrogen-bond acceptors (Lipinski definition) is 3. The molecule has 1 saturated carbocycles. The molecule has 1 unspecified atom stereocenters. The Morgan fingerprint density at radius 2 is 2.12 bits per heavy atom. The fourth-order valence-electron chi connectivity index (χ4n) is 2.62. The van der Waals surface area contributed by atoms with Crippen LogP contribution in [-0.4, -0.2) is 22.6 Å². The van der Waals surface area contributed by atoms with Gasteiger partial charge in [-0.3, -0.25) is 0 Å². The topological polar surface area (TPSA) is 37.8 Å². The Balaban J connectivity index is 1.64. The summed E-state index contributed by atoms with van der Waals surface area (Å²) in [6, 6.07) is 2.67. The molecule has 1 aromatic rings. The quantitative estimate of drug-likeness (QED) is 0.868. The summed E-state index contributed by atoms with van der Waals surface area (Å²) in [6.45, 7) is 1.16. The van der Waals surface area contributed by atoms with Crippen molar-refractivity contribution in [1.29, 1.82) is 0 Å². The fourth-order valence-corrected chi connectivity index (χ4v) is 2.62. The first-order valence-electron chi connectivity index (χ1n) is 6.97. The van der Waals surface area contributed by atoms with Gasteiger partial charge >= 0.3 is 0 Å². The molecular weight excluding hydrogens is 210 g/mol. The van der Waals surface area contributed by atoms with Gasteiger partial charge in [0.1, 0.15) is 5.82 Å². The summed E-state index contributed by atoms with van der Waals surface area (Å²) in [5, 5.41) is 3.61. The third kappa shape index (κ3) is 3.03. The smallest absolute Gasteiger partial charge is 0.130 e. The van der Waals surface area contributed by atoms with Crippen molar-refractivity contribution in [3.63, 3.8) is 0 Å². The maximum atomic E-state index is 4.71. The highest BCUT2D eigenvalue weighted by Crippen LogP contribution is 2.38.